The second kappa shape index (κ2) is 12.5. The molecule has 4 rings (SSSR count). The van der Waals surface area contributed by atoms with Gasteiger partial charge in [-0.25, -0.2) is 4.79 Å². The predicted octanol–water partition coefficient (Wildman–Crippen LogP) is 5.01. The van der Waals surface area contributed by atoms with Crippen molar-refractivity contribution in [1.82, 2.24) is 10.6 Å². The molecule has 4 aromatic rings. The number of imide groups is 1. The molecule has 0 saturated carbocycles. The van der Waals surface area contributed by atoms with Crippen molar-refractivity contribution in [3.05, 3.63) is 135 Å². The largest absolute Gasteiger partial charge is 0.351 e. The molecule has 0 aliphatic rings. The molecule has 0 atom stereocenters. The van der Waals surface area contributed by atoms with Crippen LogP contribution in [-0.2, 0) is 4.79 Å². The van der Waals surface area contributed by atoms with E-state index in [1.165, 1.54) is 12.1 Å². The van der Waals surface area contributed by atoms with Gasteiger partial charge < -0.3 is 5.73 Å². The third kappa shape index (κ3) is 6.02. The van der Waals surface area contributed by atoms with Crippen LogP contribution in [0.1, 0.15) is 10.4 Å². The number of benzene rings is 4. The Labute approximate surface area is 242 Å². The highest BCUT2D eigenvalue weighted by atomic mass is 35.5. The van der Waals surface area contributed by atoms with Gasteiger partial charge in [0.05, 0.1) is 10.6 Å². The molecule has 0 saturated heterocycles. The molecule has 0 radical (unpaired) electrons. The monoisotopic (exact) mass is 594 g/mol. The van der Waals surface area contributed by atoms with E-state index >= 15 is 0 Å². The smallest absolute Gasteiger partial charge is 0.319 e. The first-order valence-electron chi connectivity index (χ1n) is 11.6. The van der Waals surface area contributed by atoms with E-state index in [0.717, 1.165) is 15.9 Å². The lowest BCUT2D eigenvalue weighted by Crippen LogP contribution is -2.41. The first kappa shape index (κ1) is 28.4. The molecule has 0 aromatic heterocycles. The average Bonchev–Trinajstić information content (AvgIpc) is 2.94. The van der Waals surface area contributed by atoms with Gasteiger partial charge >= 0.3 is 6.03 Å². The van der Waals surface area contributed by atoms with E-state index in [2.05, 4.69) is 23.3 Å². The van der Waals surface area contributed by atoms with Gasteiger partial charge in [-0.3, -0.25) is 20.2 Å². The number of halogens is 2. The molecule has 0 fully saturated rings. The number of nitrogens with two attached hydrogens (primary N) is 1. The van der Waals surface area contributed by atoms with Crippen LogP contribution in [0.25, 0.3) is 0 Å². The van der Waals surface area contributed by atoms with Crippen LogP contribution >= 0.6 is 43.1 Å². The van der Waals surface area contributed by atoms with Crippen molar-refractivity contribution in [2.24, 2.45) is 5.73 Å². The van der Waals surface area contributed by atoms with Crippen molar-refractivity contribution in [2.75, 3.05) is 0 Å². The predicted molar refractivity (Wildman–Crippen MR) is 163 cm³/mol. The number of carbonyl (C=O) groups is 3. The Morgan fingerprint density at radius 2 is 1.15 bits per heavy atom. The van der Waals surface area contributed by atoms with Gasteiger partial charge in [0.25, 0.3) is 11.8 Å². The highest BCUT2D eigenvalue weighted by Crippen LogP contribution is 2.62. The summed E-state index contributed by atoms with van der Waals surface area (Å²) in [5.74, 6) is -1.45. The molecule has 4 amide bonds. The molecule has 0 heterocycles. The lowest BCUT2D eigenvalue weighted by molar-refractivity contribution is -0.115. The van der Waals surface area contributed by atoms with Crippen LogP contribution in [0.3, 0.4) is 0 Å². The van der Waals surface area contributed by atoms with Crippen LogP contribution in [0.15, 0.2) is 120 Å². The van der Waals surface area contributed by atoms with E-state index in [-0.39, 0.29) is 20.9 Å². The van der Waals surface area contributed by atoms with E-state index in [9.17, 15) is 14.4 Å². The van der Waals surface area contributed by atoms with E-state index in [1.807, 2.05) is 91.0 Å². The van der Waals surface area contributed by atoms with Gasteiger partial charge in [0.1, 0.15) is 20.8 Å². The number of hydrogen-bond donors (Lipinski definition) is 4. The van der Waals surface area contributed by atoms with Gasteiger partial charge in [0.15, 0.2) is 12.7 Å². The molecule has 0 aliphatic carbocycles. The Hall–Kier alpha value is -3.61. The summed E-state index contributed by atoms with van der Waals surface area (Å²) in [7, 11) is -3.03. The fourth-order valence-corrected chi connectivity index (χ4v) is 9.49. The molecule has 10 heteroatoms. The normalized spacial score (nSPS) is 11.8. The van der Waals surface area contributed by atoms with Crippen molar-refractivity contribution in [3.63, 3.8) is 0 Å². The van der Waals surface area contributed by atoms with Gasteiger partial charge in [0.2, 0.25) is 0 Å². The second-order valence-electron chi connectivity index (χ2n) is 8.27. The summed E-state index contributed by atoms with van der Waals surface area (Å²) in [6.07, 6.45) is 0. The van der Waals surface area contributed by atoms with Crippen LogP contribution in [0.4, 0.5) is 4.79 Å². The minimum absolute atomic E-state index is 0.129. The van der Waals surface area contributed by atoms with Crippen molar-refractivity contribution in [3.8, 4) is 0 Å². The van der Waals surface area contributed by atoms with Crippen molar-refractivity contribution in [1.29, 1.82) is 0 Å². The minimum Gasteiger partial charge on any atom is -0.351 e. The zero-order chi connectivity index (χ0) is 28.0. The van der Waals surface area contributed by atoms with Crippen LogP contribution in [0.2, 0.25) is 10.0 Å². The van der Waals surface area contributed by atoms with Gasteiger partial charge in [-0.05, 0) is 54.6 Å². The van der Waals surface area contributed by atoms with E-state index in [1.54, 1.807) is 6.07 Å². The molecule has 0 aliphatic heterocycles. The Bertz CT molecular complexity index is 1460. The van der Waals surface area contributed by atoms with Crippen LogP contribution in [0.5, 0.6) is 0 Å². The van der Waals surface area contributed by atoms with Gasteiger partial charge in [-0.15, -0.1) is 12.6 Å². The quantitative estimate of drug-likeness (QED) is 0.137. The molecular formula is C29H23Cl2N3O3PS+. The second-order valence-corrected chi connectivity index (χ2v) is 12.9. The Balaban J connectivity index is 2.09. The molecule has 4 aromatic carbocycles. The lowest BCUT2D eigenvalue weighted by atomic mass is 10.2. The highest BCUT2D eigenvalue weighted by Gasteiger charge is 2.52. The third-order valence-corrected chi connectivity index (χ3v) is 11.2. The first-order valence-corrected chi connectivity index (χ1v) is 14.6. The van der Waals surface area contributed by atoms with Crippen molar-refractivity contribution >= 4 is 76.9 Å². The Morgan fingerprint density at radius 1 is 0.692 bits per heavy atom. The highest BCUT2D eigenvalue weighted by molar-refractivity contribution is 8.00. The fraction of sp³-hybridized carbons (Fsp3) is 0. The topological polar surface area (TPSA) is 101 Å². The summed E-state index contributed by atoms with van der Waals surface area (Å²) in [5.41, 5.74) is 5.60. The standard InChI is InChI=1S/C29H22Cl2N3O3PS/c30-19-16-17-23(24(31)18-19)26(35)33-28(25(39)27(36)34-29(32)37)38(20-10-4-1-5-11-20,21-12-6-2-7-13-21)22-14-8-3-9-15-22/h1-18H,(H4-,32,33,34,35,36,37,39)/p+1. The molecule has 0 bridgehead atoms. The molecule has 0 unspecified atom stereocenters. The van der Waals surface area contributed by atoms with Crippen LogP contribution in [0, 0.1) is 0 Å². The number of primary amides is 1. The molecule has 4 N–H and O–H groups in total. The zero-order valence-corrected chi connectivity index (χ0v) is 23.6. The maximum atomic E-state index is 13.8. The Kier molecular flexibility index (Phi) is 9.10. The number of rotatable bonds is 7. The van der Waals surface area contributed by atoms with Crippen LogP contribution in [-0.4, -0.2) is 17.8 Å². The zero-order valence-electron chi connectivity index (χ0n) is 20.3. The molecule has 6 nitrogen and oxygen atoms in total. The van der Waals surface area contributed by atoms with E-state index in [4.69, 9.17) is 28.9 Å². The summed E-state index contributed by atoms with van der Waals surface area (Å²) in [6, 6.07) is 32.0. The van der Waals surface area contributed by atoms with E-state index in [0.29, 0.717) is 5.02 Å². The summed E-state index contributed by atoms with van der Waals surface area (Å²) >= 11 is 17.0. The summed E-state index contributed by atoms with van der Waals surface area (Å²) in [4.78, 5) is 38.5. The number of amides is 4. The average molecular weight is 595 g/mol. The molecule has 0 spiro atoms. The van der Waals surface area contributed by atoms with Gasteiger partial charge in [-0.1, -0.05) is 77.8 Å². The number of thiol groups is 1. The third-order valence-electron chi connectivity index (χ3n) is 5.85. The first-order chi connectivity index (χ1) is 18.7. The number of hydrogen-bond acceptors (Lipinski definition) is 4. The lowest BCUT2D eigenvalue weighted by Gasteiger charge is -2.30. The molecule has 196 valence electrons. The van der Waals surface area contributed by atoms with E-state index < -0.39 is 25.1 Å². The van der Waals surface area contributed by atoms with Crippen LogP contribution < -0.4 is 32.3 Å². The summed E-state index contributed by atoms with van der Waals surface area (Å²) < 4.78 is 0. The number of carbonyl (C=O) groups excluding carboxylic acids is 3. The minimum atomic E-state index is -3.03. The van der Waals surface area contributed by atoms with Gasteiger partial charge in [0, 0.05) is 5.02 Å². The SMILES string of the molecule is NC(=O)NC(=O)C(S)=C(NC(=O)c1ccc(Cl)cc1Cl)[P+](c1ccccc1)(c1ccccc1)c1ccccc1. The number of nitrogens with one attached hydrogen (secondary N) is 2. The fourth-order valence-electron chi connectivity index (χ4n) is 4.22. The maximum Gasteiger partial charge on any atom is 0.319 e. The summed E-state index contributed by atoms with van der Waals surface area (Å²) in [5, 5.41) is 8.02. The maximum absolute atomic E-state index is 13.8. The molecule has 39 heavy (non-hydrogen) atoms. The number of urea groups is 1. The Morgan fingerprint density at radius 3 is 1.56 bits per heavy atom. The molecular weight excluding hydrogens is 572 g/mol. The van der Waals surface area contributed by atoms with Crippen molar-refractivity contribution < 1.29 is 14.4 Å². The summed E-state index contributed by atoms with van der Waals surface area (Å²) in [6.45, 7) is 0. The van der Waals surface area contributed by atoms with Gasteiger partial charge in [-0.2, -0.15) is 0 Å². The van der Waals surface area contributed by atoms with Crippen molar-refractivity contribution in [2.45, 2.75) is 0 Å².